The minimum absolute atomic E-state index is 0.189. The van der Waals surface area contributed by atoms with Gasteiger partial charge in [-0.25, -0.2) is 0 Å². The van der Waals surface area contributed by atoms with Crippen LogP contribution >= 0.6 is 0 Å². The smallest absolute Gasteiger partial charge is 0.325 e. The van der Waals surface area contributed by atoms with E-state index in [1.54, 1.807) is 0 Å². The lowest BCUT2D eigenvalue weighted by Gasteiger charge is -2.47. The van der Waals surface area contributed by atoms with Crippen molar-refractivity contribution in [2.45, 2.75) is 18.9 Å². The molecule has 1 saturated carbocycles. The van der Waals surface area contributed by atoms with Gasteiger partial charge in [0, 0.05) is 12.2 Å². The Balaban J connectivity index is 2.36. The van der Waals surface area contributed by atoms with Crippen LogP contribution < -0.4 is 0 Å². The highest BCUT2D eigenvalue weighted by Crippen LogP contribution is 2.47. The van der Waals surface area contributed by atoms with Crippen molar-refractivity contribution in [3.05, 3.63) is 12.2 Å². The molecule has 0 N–H and O–H groups in total. The van der Waals surface area contributed by atoms with Gasteiger partial charge in [0.05, 0.1) is 20.3 Å². The molecule has 0 saturated heterocycles. The van der Waals surface area contributed by atoms with Crippen LogP contribution in [-0.2, 0) is 28.7 Å². The van der Waals surface area contributed by atoms with Gasteiger partial charge in [-0.1, -0.05) is 0 Å². The zero-order valence-corrected chi connectivity index (χ0v) is 10.5. The molecule has 2 aliphatic rings. The molecule has 1 aliphatic carbocycles. The summed E-state index contributed by atoms with van der Waals surface area (Å²) in [6.45, 7) is 0. The van der Waals surface area contributed by atoms with Crippen molar-refractivity contribution in [1.29, 1.82) is 0 Å². The van der Waals surface area contributed by atoms with Crippen molar-refractivity contribution < 1.29 is 28.7 Å². The summed E-state index contributed by atoms with van der Waals surface area (Å²) in [6, 6.07) is -0.845. The minimum Gasteiger partial charge on any atom is -0.468 e. The highest BCUT2D eigenvalue weighted by atomic mass is 16.5. The molecule has 0 radical (unpaired) electrons. The van der Waals surface area contributed by atoms with Crippen molar-refractivity contribution in [1.82, 2.24) is 4.90 Å². The number of carbonyl (C=O) groups excluding carboxylic acids is 4. The zero-order valence-electron chi connectivity index (χ0n) is 10.5. The molecular formula is C12H13NO6. The van der Waals surface area contributed by atoms with Crippen molar-refractivity contribution in [3.8, 4) is 0 Å². The molecule has 7 nitrogen and oxygen atoms in total. The fraction of sp³-hybridized carbons (Fsp3) is 0.500. The van der Waals surface area contributed by atoms with E-state index in [9.17, 15) is 19.2 Å². The fourth-order valence-corrected chi connectivity index (χ4v) is 2.55. The molecule has 102 valence electrons. The molecule has 2 rings (SSSR count). The number of esters is 2. The van der Waals surface area contributed by atoms with E-state index < -0.39 is 35.2 Å². The molecule has 7 heteroatoms. The number of hydrogen-bond donors (Lipinski definition) is 0. The van der Waals surface area contributed by atoms with E-state index in [0.717, 1.165) is 31.3 Å². The molecule has 0 spiro atoms. The monoisotopic (exact) mass is 267 g/mol. The Bertz CT molecular complexity index is 460. The molecule has 1 unspecified atom stereocenters. The summed E-state index contributed by atoms with van der Waals surface area (Å²) in [7, 11) is 2.29. The fourth-order valence-electron chi connectivity index (χ4n) is 2.55. The standard InChI is InChI=1S/C12H13NO6/c1-18-10(16)12(11(17)19-2)6-5-7(12)13-8(14)3-4-9(13)15/h3-4,7H,5-6H2,1-2H3. The summed E-state index contributed by atoms with van der Waals surface area (Å²) < 4.78 is 9.26. The Morgan fingerprint density at radius 3 is 1.95 bits per heavy atom. The molecule has 0 bridgehead atoms. The number of amides is 2. The second-order valence-corrected chi connectivity index (χ2v) is 4.39. The van der Waals surface area contributed by atoms with E-state index in [-0.39, 0.29) is 6.42 Å². The third kappa shape index (κ3) is 1.65. The number of methoxy groups -OCH3 is 2. The Kier molecular flexibility index (Phi) is 3.13. The lowest BCUT2D eigenvalue weighted by molar-refractivity contribution is -0.186. The molecule has 2 amide bonds. The van der Waals surface area contributed by atoms with Gasteiger partial charge in [0.25, 0.3) is 11.8 Å². The SMILES string of the molecule is COC(=O)C1(C(=O)OC)CCC1N1C(=O)C=CC1=O. The summed E-state index contributed by atoms with van der Waals surface area (Å²) in [4.78, 5) is 48.0. The van der Waals surface area contributed by atoms with Gasteiger partial charge in [0.1, 0.15) is 0 Å². The Hall–Kier alpha value is -2.18. The number of carbonyl (C=O) groups is 4. The summed E-state index contributed by atoms with van der Waals surface area (Å²) in [6.07, 6.45) is 2.78. The lowest BCUT2D eigenvalue weighted by atomic mass is 9.63. The number of ether oxygens (including phenoxy) is 2. The average Bonchev–Trinajstić information content (AvgIpc) is 2.69. The van der Waals surface area contributed by atoms with Crippen LogP contribution in [0, 0.1) is 5.41 Å². The molecule has 1 heterocycles. The normalized spacial score (nSPS) is 24.1. The van der Waals surface area contributed by atoms with Gasteiger partial charge in [-0.05, 0) is 12.8 Å². The van der Waals surface area contributed by atoms with Crippen LogP contribution in [0.15, 0.2) is 12.2 Å². The van der Waals surface area contributed by atoms with Crippen LogP contribution in [0.1, 0.15) is 12.8 Å². The first-order valence-corrected chi connectivity index (χ1v) is 5.71. The van der Waals surface area contributed by atoms with Gasteiger partial charge in [0.15, 0.2) is 5.41 Å². The molecule has 1 atom stereocenters. The van der Waals surface area contributed by atoms with Crippen LogP contribution in [0.25, 0.3) is 0 Å². The van der Waals surface area contributed by atoms with E-state index in [1.165, 1.54) is 0 Å². The minimum atomic E-state index is -1.60. The van der Waals surface area contributed by atoms with E-state index in [2.05, 4.69) is 9.47 Å². The molecule has 0 aromatic heterocycles. The van der Waals surface area contributed by atoms with Crippen LogP contribution in [0.4, 0.5) is 0 Å². The molecular weight excluding hydrogens is 254 g/mol. The van der Waals surface area contributed by atoms with Crippen LogP contribution in [0.3, 0.4) is 0 Å². The summed E-state index contributed by atoms with van der Waals surface area (Å²) in [5.74, 6) is -2.65. The van der Waals surface area contributed by atoms with E-state index in [0.29, 0.717) is 6.42 Å². The number of imide groups is 1. The van der Waals surface area contributed by atoms with Gasteiger partial charge in [-0.15, -0.1) is 0 Å². The number of hydrogen-bond acceptors (Lipinski definition) is 6. The van der Waals surface area contributed by atoms with Gasteiger partial charge >= 0.3 is 11.9 Å². The Morgan fingerprint density at radius 1 is 1.16 bits per heavy atom. The first-order chi connectivity index (χ1) is 8.98. The summed E-state index contributed by atoms with van der Waals surface area (Å²) >= 11 is 0. The lowest BCUT2D eigenvalue weighted by Crippen LogP contribution is -2.64. The van der Waals surface area contributed by atoms with Crippen LogP contribution in [0.5, 0.6) is 0 Å². The molecule has 1 aliphatic heterocycles. The molecule has 0 aromatic carbocycles. The van der Waals surface area contributed by atoms with Crippen molar-refractivity contribution in [3.63, 3.8) is 0 Å². The highest BCUT2D eigenvalue weighted by Gasteiger charge is 2.64. The summed E-state index contributed by atoms with van der Waals surface area (Å²) in [5, 5.41) is 0. The first-order valence-electron chi connectivity index (χ1n) is 5.71. The molecule has 1 fully saturated rings. The Labute approximate surface area is 109 Å². The van der Waals surface area contributed by atoms with Crippen molar-refractivity contribution >= 4 is 23.8 Å². The Morgan fingerprint density at radius 2 is 1.63 bits per heavy atom. The summed E-state index contributed by atoms with van der Waals surface area (Å²) in [5.41, 5.74) is -1.60. The van der Waals surface area contributed by atoms with E-state index in [1.807, 2.05) is 0 Å². The van der Waals surface area contributed by atoms with Crippen LogP contribution in [0.2, 0.25) is 0 Å². The maximum Gasteiger partial charge on any atom is 0.325 e. The van der Waals surface area contributed by atoms with Crippen molar-refractivity contribution in [2.75, 3.05) is 14.2 Å². The number of rotatable bonds is 3. The maximum absolute atomic E-state index is 11.9. The van der Waals surface area contributed by atoms with Gasteiger partial charge in [-0.2, -0.15) is 0 Å². The first kappa shape index (κ1) is 13.3. The third-order valence-corrected chi connectivity index (χ3v) is 3.64. The van der Waals surface area contributed by atoms with Gasteiger partial charge in [-0.3, -0.25) is 24.1 Å². The number of nitrogens with zero attached hydrogens (tertiary/aromatic N) is 1. The predicted octanol–water partition coefficient (Wildman–Crippen LogP) is -0.594. The van der Waals surface area contributed by atoms with Gasteiger partial charge in [0.2, 0.25) is 0 Å². The maximum atomic E-state index is 11.9. The third-order valence-electron chi connectivity index (χ3n) is 3.64. The largest absolute Gasteiger partial charge is 0.468 e. The topological polar surface area (TPSA) is 90.0 Å². The van der Waals surface area contributed by atoms with E-state index >= 15 is 0 Å². The predicted molar refractivity (Wildman–Crippen MR) is 60.5 cm³/mol. The van der Waals surface area contributed by atoms with Gasteiger partial charge < -0.3 is 9.47 Å². The highest BCUT2D eigenvalue weighted by molar-refractivity contribution is 6.14. The zero-order chi connectivity index (χ0) is 14.2. The van der Waals surface area contributed by atoms with E-state index in [4.69, 9.17) is 0 Å². The molecule has 19 heavy (non-hydrogen) atoms. The quantitative estimate of drug-likeness (QED) is 0.385. The second kappa shape index (κ2) is 4.49. The van der Waals surface area contributed by atoms with Crippen molar-refractivity contribution in [2.24, 2.45) is 5.41 Å². The second-order valence-electron chi connectivity index (χ2n) is 4.39. The average molecular weight is 267 g/mol. The van der Waals surface area contributed by atoms with Crippen LogP contribution in [-0.4, -0.2) is 48.9 Å². The molecule has 0 aromatic rings.